The lowest BCUT2D eigenvalue weighted by atomic mass is 10.2. The van der Waals surface area contributed by atoms with Crippen molar-refractivity contribution in [3.05, 3.63) is 11.1 Å². The van der Waals surface area contributed by atoms with E-state index in [0.29, 0.717) is 18.3 Å². The van der Waals surface area contributed by atoms with Gasteiger partial charge in [-0.2, -0.15) is 0 Å². The molecule has 1 saturated heterocycles. The molecular weight excluding hydrogens is 226 g/mol. The third-order valence-electron chi connectivity index (χ3n) is 2.37. The third-order valence-corrected chi connectivity index (χ3v) is 3.43. The molecule has 16 heavy (non-hydrogen) atoms. The fourth-order valence-electron chi connectivity index (χ4n) is 1.46. The number of amides is 1. The van der Waals surface area contributed by atoms with Crippen LogP contribution in [0.1, 0.15) is 11.8 Å². The predicted molar refractivity (Wildman–Crippen MR) is 62.7 cm³/mol. The summed E-state index contributed by atoms with van der Waals surface area (Å²) in [6.07, 6.45) is 2.74. The smallest absolute Gasteiger partial charge is 0.245 e. The van der Waals surface area contributed by atoms with Gasteiger partial charge in [-0.25, -0.2) is 4.98 Å². The lowest BCUT2D eigenvalue weighted by molar-refractivity contribution is -0.120. The number of thiazole rings is 1. The zero-order valence-electron chi connectivity index (χ0n) is 9.16. The van der Waals surface area contributed by atoms with Gasteiger partial charge in [-0.05, 0) is 6.42 Å². The van der Waals surface area contributed by atoms with E-state index >= 15 is 0 Å². The minimum absolute atomic E-state index is 0.0725. The molecule has 1 aromatic rings. The van der Waals surface area contributed by atoms with Crippen LogP contribution in [-0.4, -0.2) is 36.7 Å². The van der Waals surface area contributed by atoms with Gasteiger partial charge < -0.3 is 15.4 Å². The Morgan fingerprint density at radius 3 is 3.31 bits per heavy atom. The van der Waals surface area contributed by atoms with Crippen molar-refractivity contribution in [3.63, 3.8) is 0 Å². The monoisotopic (exact) mass is 241 g/mol. The Balaban J connectivity index is 1.90. The lowest BCUT2D eigenvalue weighted by Crippen LogP contribution is -2.48. The number of aromatic nitrogens is 1. The number of nitrogens with one attached hydrogen (secondary N) is 2. The van der Waals surface area contributed by atoms with Crippen molar-refractivity contribution in [3.8, 4) is 0 Å². The zero-order valence-corrected chi connectivity index (χ0v) is 9.97. The van der Waals surface area contributed by atoms with E-state index in [1.165, 1.54) is 16.2 Å². The van der Waals surface area contributed by atoms with Crippen molar-refractivity contribution in [2.24, 2.45) is 0 Å². The topological polar surface area (TPSA) is 63.2 Å². The number of rotatable bonds is 3. The molecule has 0 radical (unpaired) electrons. The number of ether oxygens (including phenoxy) is 1. The van der Waals surface area contributed by atoms with Crippen LogP contribution < -0.4 is 10.6 Å². The molecule has 6 heteroatoms. The largest absolute Gasteiger partial charge is 0.378 e. The minimum Gasteiger partial charge on any atom is -0.378 e. The SMILES string of the molecule is CCc1cnc(NC(=O)C2COCCN2)s1. The summed E-state index contributed by atoms with van der Waals surface area (Å²) in [4.78, 5) is 17.1. The van der Waals surface area contributed by atoms with Crippen LogP contribution in [0, 0.1) is 0 Å². The Hall–Kier alpha value is -0.980. The van der Waals surface area contributed by atoms with Gasteiger partial charge in [0, 0.05) is 17.6 Å². The average molecular weight is 241 g/mol. The lowest BCUT2D eigenvalue weighted by Gasteiger charge is -2.22. The summed E-state index contributed by atoms with van der Waals surface area (Å²) in [7, 11) is 0. The fourth-order valence-corrected chi connectivity index (χ4v) is 2.21. The quantitative estimate of drug-likeness (QED) is 0.815. The van der Waals surface area contributed by atoms with Crippen molar-refractivity contribution in [1.29, 1.82) is 0 Å². The maximum atomic E-state index is 11.8. The van der Waals surface area contributed by atoms with Crippen LogP contribution in [0.15, 0.2) is 6.20 Å². The number of anilines is 1. The summed E-state index contributed by atoms with van der Waals surface area (Å²) in [6.45, 7) is 3.88. The first kappa shape index (κ1) is 11.5. The number of aryl methyl sites for hydroxylation is 1. The second-order valence-corrected chi connectivity index (χ2v) is 4.67. The van der Waals surface area contributed by atoms with E-state index in [9.17, 15) is 4.79 Å². The average Bonchev–Trinajstić information content (AvgIpc) is 2.78. The molecule has 1 unspecified atom stereocenters. The predicted octanol–water partition coefficient (Wildman–Crippen LogP) is 0.632. The van der Waals surface area contributed by atoms with E-state index in [1.807, 2.05) is 0 Å². The maximum absolute atomic E-state index is 11.8. The van der Waals surface area contributed by atoms with Crippen LogP contribution >= 0.6 is 11.3 Å². The van der Waals surface area contributed by atoms with Crippen molar-refractivity contribution < 1.29 is 9.53 Å². The highest BCUT2D eigenvalue weighted by molar-refractivity contribution is 7.15. The van der Waals surface area contributed by atoms with E-state index < -0.39 is 0 Å². The summed E-state index contributed by atoms with van der Waals surface area (Å²) < 4.78 is 5.23. The van der Waals surface area contributed by atoms with E-state index in [0.717, 1.165) is 13.0 Å². The van der Waals surface area contributed by atoms with E-state index in [-0.39, 0.29) is 11.9 Å². The molecule has 1 aromatic heterocycles. The van der Waals surface area contributed by atoms with Crippen LogP contribution in [0.5, 0.6) is 0 Å². The van der Waals surface area contributed by atoms with Gasteiger partial charge in [0.25, 0.3) is 0 Å². The summed E-state index contributed by atoms with van der Waals surface area (Å²) in [5.74, 6) is -0.0725. The summed E-state index contributed by atoms with van der Waals surface area (Å²) in [5.41, 5.74) is 0. The molecule has 1 aliphatic heterocycles. The van der Waals surface area contributed by atoms with Crippen molar-refractivity contribution in [2.75, 3.05) is 25.1 Å². The molecule has 0 spiro atoms. The Morgan fingerprint density at radius 2 is 2.69 bits per heavy atom. The standard InChI is InChI=1S/C10H15N3O2S/c1-2-7-5-12-10(16-7)13-9(14)8-6-15-4-3-11-8/h5,8,11H,2-4,6H2,1H3,(H,12,13,14). The third kappa shape index (κ3) is 2.78. The molecule has 0 bridgehead atoms. The second-order valence-electron chi connectivity index (χ2n) is 3.56. The van der Waals surface area contributed by atoms with Crippen LogP contribution in [0.3, 0.4) is 0 Å². The van der Waals surface area contributed by atoms with Crippen LogP contribution in [0.25, 0.3) is 0 Å². The minimum atomic E-state index is -0.261. The molecule has 0 aliphatic carbocycles. The van der Waals surface area contributed by atoms with E-state index in [4.69, 9.17) is 4.74 Å². The first-order valence-electron chi connectivity index (χ1n) is 5.36. The van der Waals surface area contributed by atoms with Crippen LogP contribution in [0.4, 0.5) is 5.13 Å². The van der Waals surface area contributed by atoms with Gasteiger partial charge in [-0.1, -0.05) is 6.92 Å². The molecular formula is C10H15N3O2S. The normalized spacial score (nSPS) is 20.7. The van der Waals surface area contributed by atoms with E-state index in [2.05, 4.69) is 22.5 Å². The number of hydrogen-bond donors (Lipinski definition) is 2. The molecule has 2 rings (SSSR count). The Morgan fingerprint density at radius 1 is 1.81 bits per heavy atom. The highest BCUT2D eigenvalue weighted by atomic mass is 32.1. The van der Waals surface area contributed by atoms with Gasteiger partial charge in [-0.15, -0.1) is 11.3 Å². The van der Waals surface area contributed by atoms with Gasteiger partial charge in [0.2, 0.25) is 5.91 Å². The molecule has 2 heterocycles. The number of morpholine rings is 1. The molecule has 1 fully saturated rings. The van der Waals surface area contributed by atoms with Crippen molar-refractivity contribution in [2.45, 2.75) is 19.4 Å². The van der Waals surface area contributed by atoms with Crippen molar-refractivity contribution in [1.82, 2.24) is 10.3 Å². The number of hydrogen-bond acceptors (Lipinski definition) is 5. The van der Waals surface area contributed by atoms with Gasteiger partial charge in [-0.3, -0.25) is 4.79 Å². The summed E-state index contributed by atoms with van der Waals surface area (Å²) >= 11 is 1.51. The molecule has 88 valence electrons. The molecule has 1 atom stereocenters. The number of carbonyl (C=O) groups is 1. The maximum Gasteiger partial charge on any atom is 0.245 e. The molecule has 5 nitrogen and oxygen atoms in total. The Bertz CT molecular complexity index is 361. The highest BCUT2D eigenvalue weighted by Crippen LogP contribution is 2.18. The first-order valence-corrected chi connectivity index (χ1v) is 6.18. The van der Waals surface area contributed by atoms with Crippen LogP contribution in [-0.2, 0) is 16.0 Å². The number of nitrogens with zero attached hydrogens (tertiary/aromatic N) is 1. The molecule has 2 N–H and O–H groups in total. The highest BCUT2D eigenvalue weighted by Gasteiger charge is 2.21. The second kappa shape index (κ2) is 5.38. The van der Waals surface area contributed by atoms with Gasteiger partial charge >= 0.3 is 0 Å². The van der Waals surface area contributed by atoms with Gasteiger partial charge in [0.15, 0.2) is 5.13 Å². The van der Waals surface area contributed by atoms with Crippen molar-refractivity contribution >= 4 is 22.4 Å². The molecule has 1 aliphatic rings. The van der Waals surface area contributed by atoms with Crippen LogP contribution in [0.2, 0.25) is 0 Å². The summed E-state index contributed by atoms with van der Waals surface area (Å²) in [6, 6.07) is -0.261. The van der Waals surface area contributed by atoms with E-state index in [1.54, 1.807) is 6.20 Å². The first-order chi connectivity index (χ1) is 7.79. The Labute approximate surface area is 98.2 Å². The van der Waals surface area contributed by atoms with Gasteiger partial charge in [0.1, 0.15) is 6.04 Å². The van der Waals surface area contributed by atoms with Gasteiger partial charge in [0.05, 0.1) is 13.2 Å². The molecule has 1 amide bonds. The molecule has 0 aromatic carbocycles. The Kier molecular flexibility index (Phi) is 3.87. The fraction of sp³-hybridized carbons (Fsp3) is 0.600. The molecule has 0 saturated carbocycles. The number of carbonyl (C=O) groups excluding carboxylic acids is 1. The summed E-state index contributed by atoms with van der Waals surface area (Å²) in [5, 5.41) is 6.55. The zero-order chi connectivity index (χ0) is 11.4.